The molecule has 1 aromatic rings. The average molecular weight is 344 g/mol. The van der Waals surface area contributed by atoms with Crippen LogP contribution in [-0.2, 0) is 11.2 Å². The molecule has 0 aliphatic heterocycles. The van der Waals surface area contributed by atoms with Crippen LogP contribution in [0.15, 0.2) is 22.7 Å². The standard InChI is InChI=1S/C16H26BrNO2/c1-6-16(3,20-5)15(18-7-2)11-12-8-9-14(19-4)13(17)10-12/h8-10,15,18H,6-7,11H2,1-5H3. The van der Waals surface area contributed by atoms with E-state index in [9.17, 15) is 0 Å². The zero-order valence-corrected chi connectivity index (χ0v) is 14.7. The number of rotatable bonds is 8. The molecule has 0 saturated heterocycles. The number of ether oxygens (including phenoxy) is 2. The van der Waals surface area contributed by atoms with Gasteiger partial charge < -0.3 is 14.8 Å². The van der Waals surface area contributed by atoms with Crippen molar-refractivity contribution >= 4 is 15.9 Å². The van der Waals surface area contributed by atoms with Crippen molar-refractivity contribution in [2.45, 2.75) is 45.3 Å². The molecular weight excluding hydrogens is 318 g/mol. The van der Waals surface area contributed by atoms with Gasteiger partial charge in [0.2, 0.25) is 0 Å². The molecule has 0 fully saturated rings. The van der Waals surface area contributed by atoms with Gasteiger partial charge in [-0.2, -0.15) is 0 Å². The van der Waals surface area contributed by atoms with Crippen molar-refractivity contribution in [3.63, 3.8) is 0 Å². The second kappa shape index (κ2) is 8.01. The highest BCUT2D eigenvalue weighted by Crippen LogP contribution is 2.28. The highest BCUT2D eigenvalue weighted by atomic mass is 79.9. The van der Waals surface area contributed by atoms with Gasteiger partial charge in [-0.3, -0.25) is 0 Å². The van der Waals surface area contributed by atoms with E-state index in [4.69, 9.17) is 9.47 Å². The molecule has 0 heterocycles. The third-order valence-electron chi connectivity index (χ3n) is 4.01. The van der Waals surface area contributed by atoms with Crippen molar-refractivity contribution < 1.29 is 9.47 Å². The van der Waals surface area contributed by atoms with Crippen molar-refractivity contribution in [2.24, 2.45) is 0 Å². The summed E-state index contributed by atoms with van der Waals surface area (Å²) in [6.45, 7) is 7.39. The van der Waals surface area contributed by atoms with Gasteiger partial charge in [0.15, 0.2) is 0 Å². The number of hydrogen-bond acceptors (Lipinski definition) is 3. The summed E-state index contributed by atoms with van der Waals surface area (Å²) in [6, 6.07) is 6.51. The van der Waals surface area contributed by atoms with E-state index < -0.39 is 0 Å². The minimum absolute atomic E-state index is 0.164. The van der Waals surface area contributed by atoms with Gasteiger partial charge in [0.05, 0.1) is 17.2 Å². The van der Waals surface area contributed by atoms with Crippen molar-refractivity contribution in [3.8, 4) is 5.75 Å². The maximum atomic E-state index is 5.75. The van der Waals surface area contributed by atoms with Crippen LogP contribution in [0.3, 0.4) is 0 Å². The fourth-order valence-electron chi connectivity index (χ4n) is 2.36. The summed E-state index contributed by atoms with van der Waals surface area (Å²) in [4.78, 5) is 0. The van der Waals surface area contributed by atoms with Gasteiger partial charge in [0.25, 0.3) is 0 Å². The van der Waals surface area contributed by atoms with Gasteiger partial charge in [-0.1, -0.05) is 19.9 Å². The first-order chi connectivity index (χ1) is 9.50. The van der Waals surface area contributed by atoms with E-state index in [0.717, 1.165) is 29.6 Å². The zero-order valence-electron chi connectivity index (χ0n) is 13.1. The third-order valence-corrected chi connectivity index (χ3v) is 4.63. The highest BCUT2D eigenvalue weighted by Gasteiger charge is 2.32. The van der Waals surface area contributed by atoms with Crippen LogP contribution in [0, 0.1) is 0 Å². The van der Waals surface area contributed by atoms with Crippen LogP contribution < -0.4 is 10.1 Å². The second-order valence-corrected chi connectivity index (χ2v) is 6.01. The molecule has 1 aromatic carbocycles. The molecule has 0 amide bonds. The summed E-state index contributed by atoms with van der Waals surface area (Å²) in [5.74, 6) is 0.860. The van der Waals surface area contributed by atoms with Crippen LogP contribution >= 0.6 is 15.9 Å². The Morgan fingerprint density at radius 2 is 2.00 bits per heavy atom. The summed E-state index contributed by atoms with van der Waals surface area (Å²) in [7, 11) is 3.47. The van der Waals surface area contributed by atoms with E-state index in [1.54, 1.807) is 14.2 Å². The molecule has 1 rings (SSSR count). The maximum absolute atomic E-state index is 5.75. The van der Waals surface area contributed by atoms with Crippen molar-refractivity contribution in [2.75, 3.05) is 20.8 Å². The maximum Gasteiger partial charge on any atom is 0.133 e. The second-order valence-electron chi connectivity index (χ2n) is 5.15. The van der Waals surface area contributed by atoms with Crippen LogP contribution in [0.25, 0.3) is 0 Å². The Bertz CT molecular complexity index is 419. The Morgan fingerprint density at radius 1 is 1.30 bits per heavy atom. The van der Waals surface area contributed by atoms with E-state index in [-0.39, 0.29) is 11.6 Å². The van der Waals surface area contributed by atoms with Gasteiger partial charge in [-0.05, 0) is 59.9 Å². The largest absolute Gasteiger partial charge is 0.496 e. The van der Waals surface area contributed by atoms with E-state index in [0.29, 0.717) is 0 Å². The van der Waals surface area contributed by atoms with Gasteiger partial charge >= 0.3 is 0 Å². The minimum atomic E-state index is -0.164. The summed E-state index contributed by atoms with van der Waals surface area (Å²) < 4.78 is 12.0. The Balaban J connectivity index is 2.93. The summed E-state index contributed by atoms with van der Waals surface area (Å²) in [5.41, 5.74) is 1.10. The van der Waals surface area contributed by atoms with Gasteiger partial charge in [0.1, 0.15) is 5.75 Å². The molecular formula is C16H26BrNO2. The lowest BCUT2D eigenvalue weighted by Gasteiger charge is -2.36. The van der Waals surface area contributed by atoms with Crippen molar-refractivity contribution in [1.82, 2.24) is 5.32 Å². The lowest BCUT2D eigenvalue weighted by molar-refractivity contribution is -0.0283. The number of methoxy groups -OCH3 is 2. The molecule has 4 heteroatoms. The molecule has 20 heavy (non-hydrogen) atoms. The first kappa shape index (κ1) is 17.5. The quantitative estimate of drug-likeness (QED) is 0.778. The summed E-state index contributed by atoms with van der Waals surface area (Å²) in [5, 5.41) is 3.55. The van der Waals surface area contributed by atoms with Gasteiger partial charge in [-0.15, -0.1) is 0 Å². The first-order valence-electron chi connectivity index (χ1n) is 7.11. The molecule has 0 spiro atoms. The predicted octanol–water partition coefficient (Wildman–Crippen LogP) is 3.79. The van der Waals surface area contributed by atoms with E-state index in [1.807, 2.05) is 6.07 Å². The van der Waals surface area contributed by atoms with Crippen LogP contribution in [0.4, 0.5) is 0 Å². The highest BCUT2D eigenvalue weighted by molar-refractivity contribution is 9.10. The van der Waals surface area contributed by atoms with Gasteiger partial charge in [0, 0.05) is 13.2 Å². The van der Waals surface area contributed by atoms with Crippen LogP contribution in [0.1, 0.15) is 32.8 Å². The van der Waals surface area contributed by atoms with Crippen molar-refractivity contribution in [1.29, 1.82) is 0 Å². The molecule has 2 unspecified atom stereocenters. The average Bonchev–Trinajstić information content (AvgIpc) is 2.46. The Morgan fingerprint density at radius 3 is 2.45 bits per heavy atom. The molecule has 0 saturated carbocycles. The number of nitrogens with one attached hydrogen (secondary N) is 1. The summed E-state index contributed by atoms with van der Waals surface area (Å²) in [6.07, 6.45) is 1.90. The molecule has 1 N–H and O–H groups in total. The van der Waals surface area contributed by atoms with Crippen LogP contribution in [0.5, 0.6) is 5.75 Å². The number of halogens is 1. The normalized spacial score (nSPS) is 15.7. The Labute approximate surface area is 131 Å². The lowest BCUT2D eigenvalue weighted by Crippen LogP contribution is -2.51. The number of likely N-dealkylation sites (N-methyl/N-ethyl adjacent to an activating group) is 1. The molecule has 0 aliphatic carbocycles. The van der Waals surface area contributed by atoms with E-state index >= 15 is 0 Å². The monoisotopic (exact) mass is 343 g/mol. The van der Waals surface area contributed by atoms with Crippen molar-refractivity contribution in [3.05, 3.63) is 28.2 Å². The predicted molar refractivity (Wildman–Crippen MR) is 87.6 cm³/mol. The molecule has 2 atom stereocenters. The molecule has 114 valence electrons. The number of hydrogen-bond donors (Lipinski definition) is 1. The minimum Gasteiger partial charge on any atom is -0.496 e. The number of benzene rings is 1. The Hall–Kier alpha value is -0.580. The third kappa shape index (κ3) is 4.21. The van der Waals surface area contributed by atoms with Crippen LogP contribution in [-0.4, -0.2) is 32.4 Å². The van der Waals surface area contributed by atoms with E-state index in [1.165, 1.54) is 5.56 Å². The lowest BCUT2D eigenvalue weighted by atomic mass is 9.88. The first-order valence-corrected chi connectivity index (χ1v) is 7.91. The summed E-state index contributed by atoms with van der Waals surface area (Å²) >= 11 is 3.54. The molecule has 0 aromatic heterocycles. The zero-order chi connectivity index (χ0) is 15.2. The SMILES string of the molecule is CCNC(Cc1ccc(OC)c(Br)c1)C(C)(CC)OC. The molecule has 0 aliphatic rings. The molecule has 0 radical (unpaired) electrons. The topological polar surface area (TPSA) is 30.5 Å². The fourth-order valence-corrected chi connectivity index (χ4v) is 2.94. The fraction of sp³-hybridized carbons (Fsp3) is 0.625. The van der Waals surface area contributed by atoms with Crippen LogP contribution in [0.2, 0.25) is 0 Å². The molecule has 0 bridgehead atoms. The smallest absolute Gasteiger partial charge is 0.133 e. The Kier molecular flexibility index (Phi) is 7.00. The van der Waals surface area contributed by atoms with E-state index in [2.05, 4.69) is 54.2 Å². The van der Waals surface area contributed by atoms with Gasteiger partial charge in [-0.25, -0.2) is 0 Å². The molecule has 3 nitrogen and oxygen atoms in total.